The van der Waals surface area contributed by atoms with E-state index in [0.29, 0.717) is 5.69 Å². The minimum atomic E-state index is -0.262. The lowest BCUT2D eigenvalue weighted by Crippen LogP contribution is -2.10. The molecule has 0 amide bonds. The zero-order chi connectivity index (χ0) is 13.2. The van der Waals surface area contributed by atoms with Crippen LogP contribution in [0.1, 0.15) is 26.3 Å². The van der Waals surface area contributed by atoms with E-state index in [4.69, 9.17) is 0 Å². The van der Waals surface area contributed by atoms with Gasteiger partial charge in [-0.05, 0) is 41.3 Å². The molecule has 2 aromatic carbocycles. The highest BCUT2D eigenvalue weighted by Gasteiger charge is 2.12. The van der Waals surface area contributed by atoms with Crippen molar-refractivity contribution in [1.82, 2.24) is 0 Å². The maximum atomic E-state index is 13.0. The molecule has 0 fully saturated rings. The molecule has 18 heavy (non-hydrogen) atoms. The molecule has 0 atom stereocenters. The van der Waals surface area contributed by atoms with Gasteiger partial charge >= 0.3 is 0 Å². The Hall–Kier alpha value is -1.83. The van der Waals surface area contributed by atoms with Crippen LogP contribution in [0.25, 0.3) is 0 Å². The molecule has 2 heteroatoms. The molecule has 0 aromatic heterocycles. The molecule has 0 saturated heterocycles. The van der Waals surface area contributed by atoms with Crippen molar-refractivity contribution in [2.24, 2.45) is 0 Å². The summed E-state index contributed by atoms with van der Waals surface area (Å²) in [5.74, 6) is -0.262. The largest absolute Gasteiger partial charge is 0.355 e. The molecule has 0 aliphatic rings. The monoisotopic (exact) mass is 242 g/mol. The zero-order valence-corrected chi connectivity index (χ0v) is 10.9. The second kappa shape index (κ2) is 4.81. The van der Waals surface area contributed by atoms with Gasteiger partial charge in [0.05, 0.1) is 0 Å². The number of anilines is 2. The van der Waals surface area contributed by atoms with E-state index in [1.54, 1.807) is 6.07 Å². The Balaban J connectivity index is 2.16. The van der Waals surface area contributed by atoms with Crippen molar-refractivity contribution < 1.29 is 4.39 Å². The summed E-state index contributed by atoms with van der Waals surface area (Å²) in [5, 5.41) is 3.13. The molecule has 0 saturated carbocycles. The molecule has 0 heterocycles. The van der Waals surface area contributed by atoms with Crippen LogP contribution in [0.4, 0.5) is 15.8 Å². The molecule has 1 nitrogen and oxygen atoms in total. The van der Waals surface area contributed by atoms with Gasteiger partial charge in [-0.1, -0.05) is 32.9 Å². The standard InChI is InChI=1S/C16H17FN/c1-16(2,3)12-7-9-14(10-8-12)18-15-6-4-5-13(17)11-15/h4-5,7-11,18H,1-3H3. The summed E-state index contributed by atoms with van der Waals surface area (Å²) in [6.07, 6.45) is 0. The van der Waals surface area contributed by atoms with Crippen LogP contribution in [0.15, 0.2) is 42.5 Å². The Morgan fingerprint density at radius 2 is 1.72 bits per heavy atom. The molecule has 0 spiro atoms. The highest BCUT2D eigenvalue weighted by molar-refractivity contribution is 5.59. The quantitative estimate of drug-likeness (QED) is 0.807. The summed E-state index contributed by atoms with van der Waals surface area (Å²) < 4.78 is 13.0. The first-order valence-electron chi connectivity index (χ1n) is 6.00. The Kier molecular flexibility index (Phi) is 3.37. The fraction of sp³-hybridized carbons (Fsp3) is 0.250. The third kappa shape index (κ3) is 3.10. The van der Waals surface area contributed by atoms with E-state index in [1.807, 2.05) is 12.1 Å². The SMILES string of the molecule is CC(C)(C)c1ccc(Nc2[c]ccc(F)c2)cc1. The van der Waals surface area contributed by atoms with Gasteiger partial charge in [-0.3, -0.25) is 0 Å². The topological polar surface area (TPSA) is 12.0 Å². The fourth-order valence-corrected chi connectivity index (χ4v) is 1.72. The molecular formula is C16H17FN. The first-order valence-corrected chi connectivity index (χ1v) is 6.00. The molecule has 0 aliphatic carbocycles. The van der Waals surface area contributed by atoms with Crippen molar-refractivity contribution in [2.45, 2.75) is 26.2 Å². The summed E-state index contributed by atoms with van der Waals surface area (Å²) >= 11 is 0. The van der Waals surface area contributed by atoms with E-state index >= 15 is 0 Å². The summed E-state index contributed by atoms with van der Waals surface area (Å²) in [4.78, 5) is 0. The van der Waals surface area contributed by atoms with Crippen molar-refractivity contribution in [3.63, 3.8) is 0 Å². The van der Waals surface area contributed by atoms with Crippen LogP contribution in [0.5, 0.6) is 0 Å². The summed E-state index contributed by atoms with van der Waals surface area (Å²) in [6.45, 7) is 6.53. The normalized spacial score (nSPS) is 11.3. The van der Waals surface area contributed by atoms with Crippen LogP contribution < -0.4 is 5.32 Å². The van der Waals surface area contributed by atoms with Gasteiger partial charge in [-0.25, -0.2) is 4.39 Å². The van der Waals surface area contributed by atoms with Gasteiger partial charge < -0.3 is 5.32 Å². The van der Waals surface area contributed by atoms with Gasteiger partial charge in [0, 0.05) is 17.4 Å². The lowest BCUT2D eigenvalue weighted by molar-refractivity contribution is 0.590. The number of benzene rings is 2. The lowest BCUT2D eigenvalue weighted by Gasteiger charge is -2.19. The summed E-state index contributed by atoms with van der Waals surface area (Å²) in [5.41, 5.74) is 2.99. The first-order chi connectivity index (χ1) is 8.45. The van der Waals surface area contributed by atoms with Crippen molar-refractivity contribution in [3.05, 3.63) is 59.9 Å². The van der Waals surface area contributed by atoms with Gasteiger partial charge in [0.25, 0.3) is 0 Å². The van der Waals surface area contributed by atoms with Crippen LogP contribution in [-0.4, -0.2) is 0 Å². The molecule has 0 unspecified atom stereocenters. The van der Waals surface area contributed by atoms with E-state index in [1.165, 1.54) is 17.7 Å². The number of nitrogens with one attached hydrogen (secondary N) is 1. The number of hydrogen-bond acceptors (Lipinski definition) is 1. The molecule has 93 valence electrons. The van der Waals surface area contributed by atoms with Gasteiger partial charge in [0.1, 0.15) is 5.82 Å². The van der Waals surface area contributed by atoms with Crippen molar-refractivity contribution >= 4 is 11.4 Å². The van der Waals surface area contributed by atoms with Crippen LogP contribution in [-0.2, 0) is 5.41 Å². The van der Waals surface area contributed by atoms with Gasteiger partial charge in [0.2, 0.25) is 0 Å². The maximum absolute atomic E-state index is 13.0. The molecular weight excluding hydrogens is 225 g/mol. The second-order valence-corrected chi connectivity index (χ2v) is 5.37. The Morgan fingerprint density at radius 1 is 1.06 bits per heavy atom. The molecule has 0 aliphatic heterocycles. The third-order valence-electron chi connectivity index (χ3n) is 2.79. The second-order valence-electron chi connectivity index (χ2n) is 5.37. The van der Waals surface area contributed by atoms with Crippen molar-refractivity contribution in [1.29, 1.82) is 0 Å². The van der Waals surface area contributed by atoms with Gasteiger partial charge in [-0.15, -0.1) is 0 Å². The third-order valence-corrected chi connectivity index (χ3v) is 2.79. The van der Waals surface area contributed by atoms with Gasteiger partial charge in [-0.2, -0.15) is 0 Å². The number of rotatable bonds is 2. The summed E-state index contributed by atoms with van der Waals surface area (Å²) in [7, 11) is 0. The number of hydrogen-bond donors (Lipinski definition) is 1. The number of halogens is 1. The van der Waals surface area contributed by atoms with E-state index < -0.39 is 0 Å². The van der Waals surface area contributed by atoms with E-state index in [2.05, 4.69) is 44.3 Å². The molecule has 2 aromatic rings. The average Bonchev–Trinajstić information content (AvgIpc) is 2.28. The van der Waals surface area contributed by atoms with Crippen LogP contribution in [0, 0.1) is 11.9 Å². The van der Waals surface area contributed by atoms with Crippen LogP contribution in [0.3, 0.4) is 0 Å². The Morgan fingerprint density at radius 3 is 2.28 bits per heavy atom. The minimum absolute atomic E-state index is 0.142. The predicted molar refractivity (Wildman–Crippen MR) is 73.7 cm³/mol. The van der Waals surface area contributed by atoms with Crippen molar-refractivity contribution in [2.75, 3.05) is 5.32 Å². The smallest absolute Gasteiger partial charge is 0.125 e. The van der Waals surface area contributed by atoms with E-state index in [0.717, 1.165) is 5.69 Å². The Bertz CT molecular complexity index is 524. The van der Waals surface area contributed by atoms with Crippen LogP contribution in [0.2, 0.25) is 0 Å². The average molecular weight is 242 g/mol. The van der Waals surface area contributed by atoms with E-state index in [-0.39, 0.29) is 11.2 Å². The molecule has 1 radical (unpaired) electrons. The molecule has 0 bridgehead atoms. The highest BCUT2D eigenvalue weighted by Crippen LogP contribution is 2.24. The highest BCUT2D eigenvalue weighted by atomic mass is 19.1. The fourth-order valence-electron chi connectivity index (χ4n) is 1.72. The maximum Gasteiger partial charge on any atom is 0.125 e. The van der Waals surface area contributed by atoms with Crippen LogP contribution >= 0.6 is 0 Å². The summed E-state index contributed by atoms with van der Waals surface area (Å²) in [6, 6.07) is 15.5. The van der Waals surface area contributed by atoms with Gasteiger partial charge in [0.15, 0.2) is 0 Å². The lowest BCUT2D eigenvalue weighted by atomic mass is 9.87. The zero-order valence-electron chi connectivity index (χ0n) is 10.9. The molecule has 2 rings (SSSR count). The minimum Gasteiger partial charge on any atom is -0.355 e. The van der Waals surface area contributed by atoms with E-state index in [9.17, 15) is 4.39 Å². The first kappa shape index (κ1) is 12.6. The van der Waals surface area contributed by atoms with Crippen molar-refractivity contribution in [3.8, 4) is 0 Å². The Labute approximate surface area is 108 Å². The predicted octanol–water partition coefficient (Wildman–Crippen LogP) is 4.67. The molecule has 1 N–H and O–H groups in total.